The molecule has 0 bridgehead atoms. The van der Waals surface area contributed by atoms with Crippen molar-refractivity contribution in [1.82, 2.24) is 9.97 Å². The van der Waals surface area contributed by atoms with Crippen LogP contribution >= 0.6 is 0 Å². The Hall–Kier alpha value is -3.94. The van der Waals surface area contributed by atoms with Crippen molar-refractivity contribution >= 4 is 22.6 Å². The molecule has 3 N–H and O–H groups in total. The van der Waals surface area contributed by atoms with Crippen LogP contribution in [-0.2, 0) is 12.7 Å². The Bertz CT molecular complexity index is 1270. The number of pyridine rings is 2. The van der Waals surface area contributed by atoms with Gasteiger partial charge in [-0.1, -0.05) is 18.2 Å². The summed E-state index contributed by atoms with van der Waals surface area (Å²) in [6.45, 7) is 0.357. The molecular formula is C23H17F3N4O. The van der Waals surface area contributed by atoms with Gasteiger partial charge in [0.25, 0.3) is 0 Å². The van der Waals surface area contributed by atoms with Gasteiger partial charge in [0.15, 0.2) is 0 Å². The van der Waals surface area contributed by atoms with Crippen LogP contribution in [-0.4, -0.2) is 15.9 Å². The molecule has 0 saturated carbocycles. The van der Waals surface area contributed by atoms with Crippen molar-refractivity contribution in [2.45, 2.75) is 12.7 Å². The molecule has 2 heterocycles. The molecule has 2 aromatic heterocycles. The number of fused-ring (bicyclic) bond motifs is 1. The molecule has 0 radical (unpaired) electrons. The smallest absolute Gasteiger partial charge is 0.366 e. The lowest BCUT2D eigenvalue weighted by molar-refractivity contribution is -0.137. The van der Waals surface area contributed by atoms with E-state index in [-0.39, 0.29) is 16.7 Å². The average molecular weight is 422 g/mol. The maximum absolute atomic E-state index is 13.7. The number of hydrogen-bond acceptors (Lipinski definition) is 4. The summed E-state index contributed by atoms with van der Waals surface area (Å²) in [5.41, 5.74) is 5.97. The number of carbonyl (C=O) groups excluding carboxylic acids is 1. The number of benzene rings is 2. The van der Waals surface area contributed by atoms with Crippen LogP contribution in [0.5, 0.6) is 0 Å². The van der Waals surface area contributed by atoms with Gasteiger partial charge < -0.3 is 11.1 Å². The van der Waals surface area contributed by atoms with Crippen LogP contribution in [0, 0.1) is 0 Å². The maximum atomic E-state index is 13.7. The lowest BCUT2D eigenvalue weighted by atomic mass is 9.97. The predicted octanol–water partition coefficient (Wildman–Crippen LogP) is 5.03. The quantitative estimate of drug-likeness (QED) is 0.473. The standard InChI is InChI=1S/C23H17F3N4O/c24-23(25,26)19-12-16(21(27)31)6-7-17(19)18-4-2-10-29-22(18)30-13-14-5-8-20-15(11-14)3-1-9-28-20/h1-12H,13H2,(H2,27,31)(H,29,30). The van der Waals surface area contributed by atoms with Gasteiger partial charge in [-0.15, -0.1) is 0 Å². The monoisotopic (exact) mass is 422 g/mol. The summed E-state index contributed by atoms with van der Waals surface area (Å²) in [6, 6.07) is 15.9. The molecule has 0 atom stereocenters. The number of amides is 1. The van der Waals surface area contributed by atoms with E-state index in [9.17, 15) is 18.0 Å². The van der Waals surface area contributed by atoms with Crippen molar-refractivity contribution in [3.63, 3.8) is 0 Å². The lowest BCUT2D eigenvalue weighted by Crippen LogP contribution is -2.15. The van der Waals surface area contributed by atoms with Crippen molar-refractivity contribution in [1.29, 1.82) is 0 Å². The van der Waals surface area contributed by atoms with Gasteiger partial charge in [-0.25, -0.2) is 4.98 Å². The fourth-order valence-corrected chi connectivity index (χ4v) is 3.35. The van der Waals surface area contributed by atoms with Crippen molar-refractivity contribution in [3.05, 3.63) is 89.7 Å². The van der Waals surface area contributed by atoms with Crippen molar-refractivity contribution in [3.8, 4) is 11.1 Å². The SMILES string of the molecule is NC(=O)c1ccc(-c2cccnc2NCc2ccc3ncccc3c2)c(C(F)(F)F)c1. The summed E-state index contributed by atoms with van der Waals surface area (Å²) < 4.78 is 41.1. The highest BCUT2D eigenvalue weighted by Gasteiger charge is 2.35. The second-order valence-corrected chi connectivity index (χ2v) is 6.91. The van der Waals surface area contributed by atoms with Crippen LogP contribution < -0.4 is 11.1 Å². The number of alkyl halides is 3. The Morgan fingerprint density at radius 3 is 2.48 bits per heavy atom. The number of nitrogens with one attached hydrogen (secondary N) is 1. The molecule has 0 aliphatic carbocycles. The first kappa shape index (κ1) is 20.3. The molecule has 2 aromatic carbocycles. The number of primary amides is 1. The summed E-state index contributed by atoms with van der Waals surface area (Å²) in [4.78, 5) is 19.9. The predicted molar refractivity (Wildman–Crippen MR) is 112 cm³/mol. The topological polar surface area (TPSA) is 80.9 Å². The van der Waals surface area contributed by atoms with Crippen LogP contribution in [0.15, 0.2) is 73.1 Å². The number of rotatable bonds is 5. The van der Waals surface area contributed by atoms with E-state index in [4.69, 9.17) is 5.73 Å². The Morgan fingerprint density at radius 1 is 0.935 bits per heavy atom. The van der Waals surface area contributed by atoms with Gasteiger partial charge >= 0.3 is 6.18 Å². The third-order valence-electron chi connectivity index (χ3n) is 4.83. The van der Waals surface area contributed by atoms with E-state index in [0.29, 0.717) is 12.4 Å². The maximum Gasteiger partial charge on any atom is 0.417 e. The Labute approximate surface area is 175 Å². The minimum atomic E-state index is -4.67. The van der Waals surface area contributed by atoms with Gasteiger partial charge in [0.1, 0.15) is 5.82 Å². The minimum Gasteiger partial charge on any atom is -0.366 e. The van der Waals surface area contributed by atoms with E-state index >= 15 is 0 Å². The van der Waals surface area contributed by atoms with Crippen LogP contribution in [0.25, 0.3) is 22.0 Å². The highest BCUT2D eigenvalue weighted by atomic mass is 19.4. The molecule has 0 fully saturated rings. The number of carbonyl (C=O) groups is 1. The first-order chi connectivity index (χ1) is 14.8. The number of hydrogen-bond donors (Lipinski definition) is 2. The number of nitrogens with zero attached hydrogens (tertiary/aromatic N) is 2. The first-order valence-corrected chi connectivity index (χ1v) is 9.37. The average Bonchev–Trinajstić information content (AvgIpc) is 2.76. The zero-order chi connectivity index (χ0) is 22.0. The second kappa shape index (κ2) is 8.06. The first-order valence-electron chi connectivity index (χ1n) is 9.37. The highest BCUT2D eigenvalue weighted by molar-refractivity contribution is 5.94. The van der Waals surface area contributed by atoms with Crippen LogP contribution in [0.2, 0.25) is 0 Å². The normalized spacial score (nSPS) is 11.5. The lowest BCUT2D eigenvalue weighted by Gasteiger charge is -2.17. The van der Waals surface area contributed by atoms with E-state index in [0.717, 1.165) is 22.5 Å². The second-order valence-electron chi connectivity index (χ2n) is 6.91. The van der Waals surface area contributed by atoms with Crippen molar-refractivity contribution in [2.24, 2.45) is 5.73 Å². The van der Waals surface area contributed by atoms with E-state index in [1.165, 1.54) is 18.3 Å². The third kappa shape index (κ3) is 4.32. The van der Waals surface area contributed by atoms with Gasteiger partial charge in [-0.2, -0.15) is 13.2 Å². The van der Waals surface area contributed by atoms with E-state index in [1.807, 2.05) is 30.3 Å². The van der Waals surface area contributed by atoms with Gasteiger partial charge in [0, 0.05) is 35.5 Å². The number of aromatic nitrogens is 2. The fraction of sp³-hybridized carbons (Fsp3) is 0.0870. The van der Waals surface area contributed by atoms with Crippen molar-refractivity contribution in [2.75, 3.05) is 5.32 Å². The van der Waals surface area contributed by atoms with Crippen LogP contribution in [0.3, 0.4) is 0 Å². The summed E-state index contributed by atoms with van der Waals surface area (Å²) in [6.07, 6.45) is -1.46. The Morgan fingerprint density at radius 2 is 1.71 bits per heavy atom. The van der Waals surface area contributed by atoms with Crippen LogP contribution in [0.1, 0.15) is 21.5 Å². The van der Waals surface area contributed by atoms with Crippen LogP contribution in [0.4, 0.5) is 19.0 Å². The fourth-order valence-electron chi connectivity index (χ4n) is 3.35. The van der Waals surface area contributed by atoms with E-state index in [2.05, 4.69) is 15.3 Å². The van der Waals surface area contributed by atoms with E-state index in [1.54, 1.807) is 18.3 Å². The Kier molecular flexibility index (Phi) is 5.29. The highest BCUT2D eigenvalue weighted by Crippen LogP contribution is 2.39. The third-order valence-corrected chi connectivity index (χ3v) is 4.83. The zero-order valence-electron chi connectivity index (χ0n) is 16.1. The summed E-state index contributed by atoms with van der Waals surface area (Å²) in [5.74, 6) is -0.626. The molecule has 31 heavy (non-hydrogen) atoms. The molecule has 156 valence electrons. The molecule has 5 nitrogen and oxygen atoms in total. The number of halogens is 3. The number of anilines is 1. The molecule has 0 spiro atoms. The summed E-state index contributed by atoms with van der Waals surface area (Å²) in [5, 5.41) is 4.08. The largest absolute Gasteiger partial charge is 0.417 e. The van der Waals surface area contributed by atoms with Gasteiger partial charge in [-0.05, 0) is 53.6 Å². The van der Waals surface area contributed by atoms with Crippen molar-refractivity contribution < 1.29 is 18.0 Å². The molecule has 8 heteroatoms. The number of nitrogens with two attached hydrogens (primary N) is 1. The summed E-state index contributed by atoms with van der Waals surface area (Å²) in [7, 11) is 0. The van der Waals surface area contributed by atoms with Gasteiger partial charge in [-0.3, -0.25) is 9.78 Å². The molecular weight excluding hydrogens is 405 g/mol. The molecule has 0 aliphatic rings. The van der Waals surface area contributed by atoms with Gasteiger partial charge in [0.05, 0.1) is 11.1 Å². The molecule has 1 amide bonds. The molecule has 4 aromatic rings. The minimum absolute atomic E-state index is 0.0872. The molecule has 4 rings (SSSR count). The summed E-state index contributed by atoms with van der Waals surface area (Å²) >= 11 is 0. The molecule has 0 aliphatic heterocycles. The van der Waals surface area contributed by atoms with E-state index < -0.39 is 17.6 Å². The van der Waals surface area contributed by atoms with Gasteiger partial charge in [0.2, 0.25) is 5.91 Å². The molecule has 0 unspecified atom stereocenters. The molecule has 0 saturated heterocycles. The Balaban J connectivity index is 1.69. The zero-order valence-corrected chi connectivity index (χ0v) is 16.1.